The van der Waals surface area contributed by atoms with E-state index in [9.17, 15) is 4.79 Å². The Hall–Kier alpha value is -1.70. The van der Waals surface area contributed by atoms with Gasteiger partial charge in [-0.25, -0.2) is 16.3 Å². The average Bonchev–Trinajstić information content (AvgIpc) is 3.12. The second kappa shape index (κ2) is 9.48. The molecule has 2 unspecified atom stereocenters. The minimum absolute atomic E-state index is 0.0841. The van der Waals surface area contributed by atoms with Crippen LogP contribution in [0.4, 0.5) is 0 Å². The molecule has 0 radical (unpaired) electrons. The summed E-state index contributed by atoms with van der Waals surface area (Å²) in [5.41, 5.74) is 10.5. The van der Waals surface area contributed by atoms with Gasteiger partial charge in [-0.05, 0) is 51.7 Å². The molecule has 27 heavy (non-hydrogen) atoms. The molecule has 0 saturated carbocycles. The van der Waals surface area contributed by atoms with Crippen LogP contribution in [0.15, 0.2) is 58.1 Å². The highest BCUT2D eigenvalue weighted by Gasteiger charge is 2.31. The molecule has 1 fully saturated rings. The maximum Gasteiger partial charge on any atom is 0.258 e. The number of halogens is 3. The van der Waals surface area contributed by atoms with Crippen LogP contribution in [0.25, 0.3) is 6.08 Å². The summed E-state index contributed by atoms with van der Waals surface area (Å²) in [6, 6.07) is 14.6. The van der Waals surface area contributed by atoms with Crippen molar-refractivity contribution < 1.29 is 4.79 Å². The number of hydrogen-bond donors (Lipinski definition) is 3. The van der Waals surface area contributed by atoms with Crippen LogP contribution in [-0.2, 0) is 4.79 Å². The van der Waals surface area contributed by atoms with Gasteiger partial charge in [0.25, 0.3) is 5.91 Å². The molecular formula is C19H17BrCl2N4O. The van der Waals surface area contributed by atoms with Crippen LogP contribution in [0, 0.1) is 0 Å². The number of hydrogen-bond acceptors (Lipinski definition) is 4. The number of hydrazine groups is 1. The van der Waals surface area contributed by atoms with Gasteiger partial charge in [0.1, 0.15) is 6.04 Å². The summed E-state index contributed by atoms with van der Waals surface area (Å²) >= 11 is 15.6. The third-order valence-corrected chi connectivity index (χ3v) is 5.02. The maximum atomic E-state index is 12.3. The fourth-order valence-electron chi connectivity index (χ4n) is 2.70. The van der Waals surface area contributed by atoms with Gasteiger partial charge in [-0.1, -0.05) is 59.6 Å². The van der Waals surface area contributed by atoms with Crippen molar-refractivity contribution in [3.8, 4) is 0 Å². The first-order valence-corrected chi connectivity index (χ1v) is 9.79. The second-order valence-corrected chi connectivity index (χ2v) is 7.73. The van der Waals surface area contributed by atoms with Gasteiger partial charge in [0.05, 0.1) is 6.21 Å². The molecule has 1 saturated heterocycles. The van der Waals surface area contributed by atoms with Crippen LogP contribution >= 0.6 is 39.1 Å². The summed E-state index contributed by atoms with van der Waals surface area (Å²) in [6.45, 7) is 0. The van der Waals surface area contributed by atoms with Crippen molar-refractivity contribution in [1.82, 2.24) is 16.3 Å². The number of carbonyl (C=O) groups is 1. The highest BCUT2D eigenvalue weighted by atomic mass is 79.9. The molecule has 0 spiro atoms. The van der Waals surface area contributed by atoms with Gasteiger partial charge in [-0.3, -0.25) is 4.79 Å². The fraction of sp³-hybridized carbons (Fsp3) is 0.158. The summed E-state index contributed by atoms with van der Waals surface area (Å²) in [4.78, 5) is 12.3. The number of nitrogens with one attached hydrogen (secondary N) is 3. The lowest BCUT2D eigenvalue weighted by Gasteiger charge is -2.11. The quantitative estimate of drug-likeness (QED) is 0.449. The molecule has 2 atom stereocenters. The molecule has 5 nitrogen and oxygen atoms in total. The van der Waals surface area contributed by atoms with Crippen LogP contribution in [-0.4, -0.2) is 18.2 Å². The smallest absolute Gasteiger partial charge is 0.258 e. The standard InChI is InChI=1S/C19H17BrCl2N4O/c20-13(8-12-4-2-1-3-5-12)11-23-26-19(27)18-10-17(24-25-18)15-7-6-14(21)9-16(15)22/h1-9,11,17-18,24-25H,10H2,(H,26,27)/b13-8-,23-11+. The summed E-state index contributed by atoms with van der Waals surface area (Å²) in [6.07, 6.45) is 3.99. The first kappa shape index (κ1) is 20.0. The summed E-state index contributed by atoms with van der Waals surface area (Å²) in [5.74, 6) is -0.230. The molecule has 3 N–H and O–H groups in total. The van der Waals surface area contributed by atoms with E-state index >= 15 is 0 Å². The molecule has 1 aliphatic rings. The molecule has 2 aromatic rings. The molecule has 0 aromatic heterocycles. The Morgan fingerprint density at radius 3 is 2.70 bits per heavy atom. The minimum Gasteiger partial charge on any atom is -0.271 e. The van der Waals surface area contributed by atoms with E-state index in [1.54, 1.807) is 18.3 Å². The van der Waals surface area contributed by atoms with E-state index in [0.29, 0.717) is 16.5 Å². The Bertz CT molecular complexity index is 873. The lowest BCUT2D eigenvalue weighted by atomic mass is 10.0. The van der Waals surface area contributed by atoms with E-state index in [1.807, 2.05) is 42.5 Å². The van der Waals surface area contributed by atoms with Crippen LogP contribution in [0.2, 0.25) is 10.0 Å². The van der Waals surface area contributed by atoms with E-state index in [4.69, 9.17) is 23.2 Å². The Balaban J connectivity index is 1.54. The molecule has 1 heterocycles. The minimum atomic E-state index is -0.421. The number of hydrazone groups is 1. The second-order valence-electron chi connectivity index (χ2n) is 5.97. The molecular weight excluding hydrogens is 451 g/mol. The van der Waals surface area contributed by atoms with Gasteiger partial charge < -0.3 is 0 Å². The van der Waals surface area contributed by atoms with Gasteiger partial charge in [0.2, 0.25) is 0 Å². The zero-order chi connectivity index (χ0) is 19.2. The van der Waals surface area contributed by atoms with Gasteiger partial charge in [0.15, 0.2) is 0 Å². The third kappa shape index (κ3) is 5.64. The van der Waals surface area contributed by atoms with Crippen molar-refractivity contribution in [3.63, 3.8) is 0 Å². The van der Waals surface area contributed by atoms with E-state index in [-0.39, 0.29) is 11.9 Å². The monoisotopic (exact) mass is 466 g/mol. The highest BCUT2D eigenvalue weighted by molar-refractivity contribution is 9.12. The zero-order valence-electron chi connectivity index (χ0n) is 14.1. The molecule has 0 bridgehead atoms. The molecule has 1 amide bonds. The zero-order valence-corrected chi connectivity index (χ0v) is 17.2. The molecule has 8 heteroatoms. The average molecular weight is 468 g/mol. The van der Waals surface area contributed by atoms with E-state index in [2.05, 4.69) is 37.3 Å². The summed E-state index contributed by atoms with van der Waals surface area (Å²) in [7, 11) is 0. The first-order valence-electron chi connectivity index (χ1n) is 8.24. The summed E-state index contributed by atoms with van der Waals surface area (Å²) in [5, 5.41) is 5.13. The number of amides is 1. The van der Waals surface area contributed by atoms with E-state index < -0.39 is 6.04 Å². The topological polar surface area (TPSA) is 65.5 Å². The first-order chi connectivity index (χ1) is 13.0. The fourth-order valence-corrected chi connectivity index (χ4v) is 3.60. The normalized spacial score (nSPS) is 20.2. The highest BCUT2D eigenvalue weighted by Crippen LogP contribution is 2.30. The summed E-state index contributed by atoms with van der Waals surface area (Å²) < 4.78 is 0.748. The van der Waals surface area contributed by atoms with Crippen LogP contribution in [0.1, 0.15) is 23.6 Å². The van der Waals surface area contributed by atoms with Gasteiger partial charge >= 0.3 is 0 Å². The SMILES string of the molecule is O=C(N/N=C/C(Br)=C/c1ccccc1)C1CC(c2ccc(Cl)cc2Cl)NN1. The van der Waals surface area contributed by atoms with Gasteiger partial charge in [0, 0.05) is 20.6 Å². The molecule has 2 aromatic carbocycles. The number of benzene rings is 2. The number of rotatable bonds is 5. The number of nitrogens with zero attached hydrogens (tertiary/aromatic N) is 1. The van der Waals surface area contributed by atoms with Crippen molar-refractivity contribution in [2.45, 2.75) is 18.5 Å². The maximum absolute atomic E-state index is 12.3. The lowest BCUT2D eigenvalue weighted by Crippen LogP contribution is -2.41. The Morgan fingerprint density at radius 2 is 1.96 bits per heavy atom. The predicted molar refractivity (Wildman–Crippen MR) is 114 cm³/mol. The van der Waals surface area contributed by atoms with Crippen molar-refractivity contribution in [2.75, 3.05) is 0 Å². The van der Waals surface area contributed by atoms with Crippen molar-refractivity contribution in [3.05, 3.63) is 74.2 Å². The van der Waals surface area contributed by atoms with E-state index in [1.165, 1.54) is 0 Å². The van der Waals surface area contributed by atoms with Crippen molar-refractivity contribution in [1.29, 1.82) is 0 Å². The Morgan fingerprint density at radius 1 is 1.19 bits per heavy atom. The molecule has 0 aliphatic carbocycles. The largest absolute Gasteiger partial charge is 0.271 e. The Labute approximate surface area is 175 Å². The lowest BCUT2D eigenvalue weighted by molar-refractivity contribution is -0.122. The molecule has 1 aliphatic heterocycles. The van der Waals surface area contributed by atoms with Crippen molar-refractivity contribution in [2.24, 2.45) is 5.10 Å². The van der Waals surface area contributed by atoms with Crippen LogP contribution in [0.3, 0.4) is 0 Å². The van der Waals surface area contributed by atoms with Crippen LogP contribution in [0.5, 0.6) is 0 Å². The molecule has 140 valence electrons. The van der Waals surface area contributed by atoms with Gasteiger partial charge in [-0.15, -0.1) is 0 Å². The third-order valence-electron chi connectivity index (χ3n) is 4.02. The van der Waals surface area contributed by atoms with Crippen molar-refractivity contribution >= 4 is 57.3 Å². The molecule has 3 rings (SSSR count). The Kier molecular flexibility index (Phi) is 7.04. The number of carbonyl (C=O) groups excluding carboxylic acids is 1. The van der Waals surface area contributed by atoms with Gasteiger partial charge in [-0.2, -0.15) is 5.10 Å². The number of allylic oxidation sites excluding steroid dienone is 1. The van der Waals surface area contributed by atoms with E-state index in [0.717, 1.165) is 15.6 Å². The predicted octanol–water partition coefficient (Wildman–Crippen LogP) is 4.44. The van der Waals surface area contributed by atoms with Crippen LogP contribution < -0.4 is 16.3 Å².